The molecule has 0 saturated heterocycles. The van der Waals surface area contributed by atoms with Gasteiger partial charge in [0.1, 0.15) is 5.84 Å². The second-order valence-corrected chi connectivity index (χ2v) is 5.34. The molecule has 2 aromatic rings. The van der Waals surface area contributed by atoms with Gasteiger partial charge in [-0.2, -0.15) is 0 Å². The smallest absolute Gasteiger partial charge is 0.320 e. The Kier molecular flexibility index (Phi) is 5.89. The number of rotatable bonds is 5. The number of amides is 2. The van der Waals surface area contributed by atoms with Crippen LogP contribution >= 0.6 is 0 Å². The molecule has 1 unspecified atom stereocenters. The molecule has 7 nitrogen and oxygen atoms in total. The third-order valence-corrected chi connectivity index (χ3v) is 3.54. The number of nitrogen functional groups attached to an aromatic ring is 1. The van der Waals surface area contributed by atoms with Gasteiger partial charge in [-0.1, -0.05) is 30.3 Å². The standard InChI is InChI=1S/C17H21FN6O/c1-3-21-15(20)12-9-22-16(13(18)14(12)19)24-17(25)23-10(2)11-7-5-4-6-8-11/h4-10H,3H2,1-2H3,(H2,20,21)(H4,19,22,23,24,25). The number of hydrogen-bond donors (Lipinski definition) is 4. The average Bonchev–Trinajstić information content (AvgIpc) is 2.60. The summed E-state index contributed by atoms with van der Waals surface area (Å²) in [7, 11) is 0. The summed E-state index contributed by atoms with van der Waals surface area (Å²) in [5.41, 5.74) is 12.4. The van der Waals surface area contributed by atoms with Crippen LogP contribution in [-0.4, -0.2) is 23.4 Å². The number of hydrogen-bond acceptors (Lipinski definition) is 4. The van der Waals surface area contributed by atoms with Crippen LogP contribution in [-0.2, 0) is 0 Å². The molecule has 132 valence electrons. The van der Waals surface area contributed by atoms with Crippen LogP contribution in [0.1, 0.15) is 31.0 Å². The molecule has 1 atom stereocenters. The van der Waals surface area contributed by atoms with E-state index < -0.39 is 11.8 Å². The van der Waals surface area contributed by atoms with E-state index in [0.717, 1.165) is 5.56 Å². The van der Waals surface area contributed by atoms with Crippen molar-refractivity contribution in [3.8, 4) is 0 Å². The SMILES string of the molecule is CCN=C(N)c1cnc(NC(=O)NC(C)c2ccccc2)c(F)c1N. The van der Waals surface area contributed by atoms with E-state index in [2.05, 4.69) is 20.6 Å². The van der Waals surface area contributed by atoms with Crippen LogP contribution in [0.5, 0.6) is 0 Å². The highest BCUT2D eigenvalue weighted by Gasteiger charge is 2.17. The molecule has 0 saturated carbocycles. The minimum Gasteiger partial charge on any atom is -0.396 e. The number of anilines is 2. The summed E-state index contributed by atoms with van der Waals surface area (Å²) in [6, 6.07) is 8.54. The Morgan fingerprint density at radius 1 is 1.36 bits per heavy atom. The van der Waals surface area contributed by atoms with Crippen molar-refractivity contribution < 1.29 is 9.18 Å². The largest absolute Gasteiger partial charge is 0.396 e. The molecule has 0 bridgehead atoms. The molecular formula is C17H21FN6O. The molecule has 0 radical (unpaired) electrons. The fourth-order valence-electron chi connectivity index (χ4n) is 2.21. The number of nitrogens with two attached hydrogens (primary N) is 2. The number of urea groups is 1. The maximum Gasteiger partial charge on any atom is 0.320 e. The topological polar surface area (TPSA) is 118 Å². The predicted molar refractivity (Wildman–Crippen MR) is 96.9 cm³/mol. The quantitative estimate of drug-likeness (QED) is 0.492. The van der Waals surface area contributed by atoms with Gasteiger partial charge in [0.2, 0.25) is 0 Å². The monoisotopic (exact) mass is 344 g/mol. The summed E-state index contributed by atoms with van der Waals surface area (Å²) in [5, 5.41) is 5.06. The van der Waals surface area contributed by atoms with Crippen molar-refractivity contribution in [2.75, 3.05) is 17.6 Å². The van der Waals surface area contributed by atoms with Gasteiger partial charge >= 0.3 is 6.03 Å². The molecule has 0 aliphatic rings. The molecule has 2 rings (SSSR count). The van der Waals surface area contributed by atoms with Crippen molar-refractivity contribution in [2.45, 2.75) is 19.9 Å². The van der Waals surface area contributed by atoms with Gasteiger partial charge in [-0.25, -0.2) is 14.2 Å². The van der Waals surface area contributed by atoms with E-state index in [1.165, 1.54) is 6.20 Å². The van der Waals surface area contributed by atoms with Crippen LogP contribution in [0, 0.1) is 5.82 Å². The van der Waals surface area contributed by atoms with Crippen molar-refractivity contribution in [3.63, 3.8) is 0 Å². The zero-order valence-corrected chi connectivity index (χ0v) is 14.1. The summed E-state index contributed by atoms with van der Waals surface area (Å²) < 4.78 is 14.3. The van der Waals surface area contributed by atoms with E-state index in [1.807, 2.05) is 37.3 Å². The molecule has 0 aliphatic heterocycles. The summed E-state index contributed by atoms with van der Waals surface area (Å²) in [6.45, 7) is 4.05. The lowest BCUT2D eigenvalue weighted by molar-refractivity contribution is 0.249. The molecule has 2 amide bonds. The van der Waals surface area contributed by atoms with Crippen LogP contribution in [0.4, 0.5) is 20.7 Å². The number of benzene rings is 1. The van der Waals surface area contributed by atoms with E-state index in [4.69, 9.17) is 11.5 Å². The molecule has 8 heteroatoms. The normalized spacial score (nSPS) is 12.5. The second-order valence-electron chi connectivity index (χ2n) is 5.34. The van der Waals surface area contributed by atoms with E-state index in [9.17, 15) is 9.18 Å². The summed E-state index contributed by atoms with van der Waals surface area (Å²) in [6.07, 6.45) is 1.28. The molecule has 1 heterocycles. The first kappa shape index (κ1) is 18.2. The van der Waals surface area contributed by atoms with Gasteiger partial charge in [-0.15, -0.1) is 0 Å². The molecule has 1 aromatic carbocycles. The van der Waals surface area contributed by atoms with Crippen LogP contribution in [0.2, 0.25) is 0 Å². The third-order valence-electron chi connectivity index (χ3n) is 3.54. The number of nitrogens with one attached hydrogen (secondary N) is 2. The summed E-state index contributed by atoms with van der Waals surface area (Å²) >= 11 is 0. The van der Waals surface area contributed by atoms with Gasteiger partial charge in [0.15, 0.2) is 11.6 Å². The maximum atomic E-state index is 14.3. The van der Waals surface area contributed by atoms with Crippen LogP contribution in [0.15, 0.2) is 41.5 Å². The Morgan fingerprint density at radius 3 is 2.68 bits per heavy atom. The maximum absolute atomic E-state index is 14.3. The van der Waals surface area contributed by atoms with Gasteiger partial charge in [0, 0.05) is 12.7 Å². The summed E-state index contributed by atoms with van der Waals surface area (Å²) in [4.78, 5) is 19.9. The highest BCUT2D eigenvalue weighted by atomic mass is 19.1. The number of halogens is 1. The van der Waals surface area contributed by atoms with Crippen LogP contribution in [0.25, 0.3) is 0 Å². The first-order chi connectivity index (χ1) is 11.9. The number of amidine groups is 1. The van der Waals surface area contributed by atoms with Crippen LogP contribution in [0.3, 0.4) is 0 Å². The van der Waals surface area contributed by atoms with Gasteiger partial charge in [-0.3, -0.25) is 10.3 Å². The molecule has 6 N–H and O–H groups in total. The fraction of sp³-hybridized carbons (Fsp3) is 0.235. The Balaban J connectivity index is 2.11. The number of aliphatic imine (C=N–C) groups is 1. The molecular weight excluding hydrogens is 323 g/mol. The summed E-state index contributed by atoms with van der Waals surface area (Å²) in [5.74, 6) is -1.03. The first-order valence-electron chi connectivity index (χ1n) is 7.80. The van der Waals surface area contributed by atoms with E-state index in [1.54, 1.807) is 6.92 Å². The van der Waals surface area contributed by atoms with Crippen molar-refractivity contribution in [3.05, 3.63) is 53.5 Å². The van der Waals surface area contributed by atoms with Gasteiger partial charge in [0.25, 0.3) is 0 Å². The highest BCUT2D eigenvalue weighted by molar-refractivity contribution is 6.02. The third kappa shape index (κ3) is 4.43. The zero-order chi connectivity index (χ0) is 18.4. The van der Waals surface area contributed by atoms with Crippen molar-refractivity contribution in [1.82, 2.24) is 10.3 Å². The second kappa shape index (κ2) is 8.09. The number of carbonyl (C=O) groups is 1. The zero-order valence-electron chi connectivity index (χ0n) is 14.1. The minimum atomic E-state index is -0.853. The van der Waals surface area contributed by atoms with Crippen LogP contribution < -0.4 is 22.1 Å². The lowest BCUT2D eigenvalue weighted by Gasteiger charge is -2.15. The number of aromatic nitrogens is 1. The molecule has 0 aliphatic carbocycles. The predicted octanol–water partition coefficient (Wildman–Crippen LogP) is 2.41. The van der Waals surface area contributed by atoms with Gasteiger partial charge in [-0.05, 0) is 19.4 Å². The Labute approximate surface area is 145 Å². The number of carbonyl (C=O) groups excluding carboxylic acids is 1. The minimum absolute atomic E-state index is 0.0973. The fourth-order valence-corrected chi connectivity index (χ4v) is 2.21. The molecule has 0 fully saturated rings. The van der Waals surface area contributed by atoms with E-state index in [0.29, 0.717) is 6.54 Å². The lowest BCUT2D eigenvalue weighted by atomic mass is 10.1. The van der Waals surface area contributed by atoms with Crippen molar-refractivity contribution >= 4 is 23.4 Å². The lowest BCUT2D eigenvalue weighted by Crippen LogP contribution is -2.32. The Hall–Kier alpha value is -3.16. The van der Waals surface area contributed by atoms with Gasteiger partial charge in [0.05, 0.1) is 17.3 Å². The van der Waals surface area contributed by atoms with Crippen molar-refractivity contribution in [2.24, 2.45) is 10.7 Å². The first-order valence-corrected chi connectivity index (χ1v) is 7.80. The van der Waals surface area contributed by atoms with Gasteiger partial charge < -0.3 is 16.8 Å². The average molecular weight is 344 g/mol. The number of nitrogens with zero attached hydrogens (tertiary/aromatic N) is 2. The molecule has 1 aromatic heterocycles. The molecule has 25 heavy (non-hydrogen) atoms. The molecule has 0 spiro atoms. The number of pyridine rings is 1. The van der Waals surface area contributed by atoms with Crippen molar-refractivity contribution in [1.29, 1.82) is 0 Å². The Morgan fingerprint density at radius 2 is 2.04 bits per heavy atom. The van der Waals surface area contributed by atoms with E-state index in [-0.39, 0.29) is 28.9 Å². The Bertz CT molecular complexity index is 778. The van der Waals surface area contributed by atoms with E-state index >= 15 is 0 Å². The highest BCUT2D eigenvalue weighted by Crippen LogP contribution is 2.21.